The number of nitrogens with one attached hydrogen (secondary N) is 3. The maximum absolute atomic E-state index is 13.9. The van der Waals surface area contributed by atoms with Gasteiger partial charge in [-0.2, -0.15) is 0 Å². The van der Waals surface area contributed by atoms with Crippen molar-refractivity contribution in [2.24, 2.45) is 17.8 Å². The van der Waals surface area contributed by atoms with Gasteiger partial charge in [-0.05, 0) is 62.6 Å². The fraction of sp³-hybridized carbons (Fsp3) is 0.733. The van der Waals surface area contributed by atoms with Crippen LogP contribution in [0.25, 0.3) is 11.0 Å². The standard InChI is InChI=1S/C45H69N3O18/c1-5-26-16-28(41(57)47-14-13-46-34(52)18-27-19-35(53)63-31-20-29(51)11-12-30(27)31)17-32(40(26)66-45-39(56)38(55)37(54)23(3)62-45)65-44(61-22(2)21-49)36(48-24(4)50)43(60)64-33(42(58)59)15-25-9-7-6-8-10-25/h11-12,19-20,22-23,25-26,28,32-34,36-40,43-46,49,51-52,54-56,60H,5-10,13-18,21H2,1-4H3,(H,47,57)(H,48,50)(H,58,59)/t22-,23+,26?,28?,32-,33+,34?,36?,37?,38?,39+,40?,43?,44+,45?/m1/s1. The Balaban J connectivity index is 1.35. The van der Waals surface area contributed by atoms with Crippen LogP contribution in [0, 0.1) is 17.8 Å². The Morgan fingerprint density at radius 3 is 2.36 bits per heavy atom. The van der Waals surface area contributed by atoms with Crippen molar-refractivity contribution in [2.45, 2.75) is 172 Å². The number of benzene rings is 1. The van der Waals surface area contributed by atoms with E-state index in [-0.39, 0.29) is 56.0 Å². The molecule has 2 heterocycles. The number of carbonyl (C=O) groups excluding carboxylic acids is 2. The third-order valence-electron chi connectivity index (χ3n) is 12.7. The quantitative estimate of drug-likeness (QED) is 0.0399. The van der Waals surface area contributed by atoms with Gasteiger partial charge in [-0.1, -0.05) is 45.4 Å². The number of aromatic hydroxyl groups is 1. The molecular formula is C45H69N3O18. The average Bonchev–Trinajstić information content (AvgIpc) is 3.27. The Kier molecular flexibility index (Phi) is 20.1. The monoisotopic (exact) mass is 939 g/mol. The molecule has 2 aromatic rings. The minimum Gasteiger partial charge on any atom is -0.508 e. The van der Waals surface area contributed by atoms with Gasteiger partial charge in [-0.25, -0.2) is 9.59 Å². The van der Waals surface area contributed by atoms with Crippen LogP contribution in [0.2, 0.25) is 0 Å². The average molecular weight is 940 g/mol. The Hall–Kier alpha value is -3.84. The molecule has 1 aromatic heterocycles. The topological polar surface area (TPSA) is 326 Å². The summed E-state index contributed by atoms with van der Waals surface area (Å²) in [6.07, 6.45) is -11.5. The zero-order valence-electron chi connectivity index (χ0n) is 37.9. The van der Waals surface area contributed by atoms with Crippen LogP contribution in [-0.2, 0) is 44.5 Å². The van der Waals surface area contributed by atoms with E-state index in [1.807, 2.05) is 6.92 Å². The summed E-state index contributed by atoms with van der Waals surface area (Å²) in [5.41, 5.74) is -0.0222. The molecule has 21 heteroatoms. The van der Waals surface area contributed by atoms with E-state index in [1.165, 1.54) is 32.0 Å². The number of fused-ring (bicyclic) bond motifs is 1. The van der Waals surface area contributed by atoms with E-state index in [1.54, 1.807) is 6.07 Å². The van der Waals surface area contributed by atoms with Crippen LogP contribution in [0.4, 0.5) is 0 Å². The van der Waals surface area contributed by atoms with Crippen LogP contribution in [0.1, 0.15) is 91.0 Å². The first-order valence-electron chi connectivity index (χ1n) is 22.9. The van der Waals surface area contributed by atoms with Crippen molar-refractivity contribution in [3.8, 4) is 5.75 Å². The number of rotatable bonds is 23. The van der Waals surface area contributed by atoms with Crippen molar-refractivity contribution in [1.82, 2.24) is 16.0 Å². The first kappa shape index (κ1) is 53.1. The van der Waals surface area contributed by atoms with Gasteiger partial charge < -0.3 is 79.6 Å². The second-order valence-electron chi connectivity index (χ2n) is 17.8. The van der Waals surface area contributed by atoms with Gasteiger partial charge in [-0.15, -0.1) is 0 Å². The molecule has 15 atom stereocenters. The van der Waals surface area contributed by atoms with Crippen molar-refractivity contribution in [2.75, 3.05) is 19.7 Å². The Morgan fingerprint density at radius 1 is 0.970 bits per heavy atom. The van der Waals surface area contributed by atoms with Crippen LogP contribution < -0.4 is 21.6 Å². The van der Waals surface area contributed by atoms with Crippen molar-refractivity contribution in [3.63, 3.8) is 0 Å². The van der Waals surface area contributed by atoms with Gasteiger partial charge in [0.25, 0.3) is 0 Å². The second-order valence-corrected chi connectivity index (χ2v) is 17.8. The lowest BCUT2D eigenvalue weighted by atomic mass is 9.75. The summed E-state index contributed by atoms with van der Waals surface area (Å²) in [4.78, 5) is 51.2. The van der Waals surface area contributed by atoms with E-state index >= 15 is 0 Å². The number of hydrogen-bond acceptors (Lipinski definition) is 18. The highest BCUT2D eigenvalue weighted by Gasteiger charge is 2.49. The summed E-state index contributed by atoms with van der Waals surface area (Å²) in [7, 11) is 0. The molecule has 11 N–H and O–H groups in total. The first-order valence-corrected chi connectivity index (χ1v) is 22.9. The Labute approximate surface area is 382 Å². The lowest BCUT2D eigenvalue weighted by Crippen LogP contribution is -2.61. The molecule has 0 radical (unpaired) electrons. The molecule has 372 valence electrons. The number of aliphatic hydroxyl groups is 6. The van der Waals surface area contributed by atoms with E-state index < -0.39 is 122 Å². The third-order valence-corrected chi connectivity index (χ3v) is 12.7. The number of aliphatic hydroxyl groups excluding tert-OH is 6. The molecule has 9 unspecified atom stereocenters. The molecule has 2 amide bonds. The molecule has 2 saturated carbocycles. The fourth-order valence-corrected chi connectivity index (χ4v) is 9.12. The summed E-state index contributed by atoms with van der Waals surface area (Å²) >= 11 is 0. The number of hydrogen-bond donors (Lipinski definition) is 11. The number of aliphatic carboxylic acids is 1. The highest BCUT2D eigenvalue weighted by atomic mass is 16.7. The van der Waals surface area contributed by atoms with E-state index in [0.29, 0.717) is 17.4 Å². The summed E-state index contributed by atoms with van der Waals surface area (Å²) in [6.45, 7) is 5.60. The van der Waals surface area contributed by atoms with Gasteiger partial charge >= 0.3 is 11.6 Å². The third kappa shape index (κ3) is 14.6. The maximum atomic E-state index is 13.9. The first-order chi connectivity index (χ1) is 31.4. The number of carboxylic acids is 1. The van der Waals surface area contributed by atoms with Crippen molar-refractivity contribution < 1.29 is 83.3 Å². The van der Waals surface area contributed by atoms with E-state index in [4.69, 9.17) is 28.1 Å². The zero-order valence-corrected chi connectivity index (χ0v) is 37.9. The number of phenols is 1. The van der Waals surface area contributed by atoms with E-state index in [0.717, 1.165) is 39.0 Å². The molecule has 1 aromatic carbocycles. The molecule has 3 fully saturated rings. The summed E-state index contributed by atoms with van der Waals surface area (Å²) in [5.74, 6) is -3.71. The predicted octanol–water partition coefficient (Wildman–Crippen LogP) is 0.0862. The highest BCUT2D eigenvalue weighted by Crippen LogP contribution is 2.39. The van der Waals surface area contributed by atoms with E-state index in [9.17, 15) is 60.0 Å². The van der Waals surface area contributed by atoms with Gasteiger partial charge in [0.2, 0.25) is 11.8 Å². The van der Waals surface area contributed by atoms with Crippen molar-refractivity contribution >= 4 is 28.8 Å². The maximum Gasteiger partial charge on any atom is 0.336 e. The minimum absolute atomic E-state index is 0.00500. The van der Waals surface area contributed by atoms with Gasteiger partial charge in [0.15, 0.2) is 25.0 Å². The molecule has 0 spiro atoms. The van der Waals surface area contributed by atoms with Gasteiger partial charge in [0.05, 0.1) is 31.0 Å². The molecule has 0 bridgehead atoms. The van der Waals surface area contributed by atoms with Crippen LogP contribution in [-0.4, -0.2) is 158 Å². The van der Waals surface area contributed by atoms with Crippen molar-refractivity contribution in [3.05, 3.63) is 40.2 Å². The molecule has 2 aliphatic carbocycles. The summed E-state index contributed by atoms with van der Waals surface area (Å²) in [6, 6.07) is 3.95. The molecule has 21 nitrogen and oxygen atoms in total. The number of amides is 2. The smallest absolute Gasteiger partial charge is 0.336 e. The predicted molar refractivity (Wildman–Crippen MR) is 232 cm³/mol. The zero-order chi connectivity index (χ0) is 48.2. The number of phenolic OH excluding ortho intramolecular Hbond substituents is 1. The minimum atomic E-state index is -2.02. The lowest BCUT2D eigenvalue weighted by Gasteiger charge is -2.47. The second kappa shape index (κ2) is 25.0. The normalized spacial score (nSPS) is 29.0. The fourth-order valence-electron chi connectivity index (χ4n) is 9.12. The van der Waals surface area contributed by atoms with Gasteiger partial charge in [0.1, 0.15) is 41.9 Å². The largest absolute Gasteiger partial charge is 0.508 e. The summed E-state index contributed by atoms with van der Waals surface area (Å²) < 4.78 is 35.8. The van der Waals surface area contributed by atoms with Crippen LogP contribution in [0.5, 0.6) is 5.75 Å². The van der Waals surface area contributed by atoms with E-state index in [2.05, 4.69) is 16.0 Å². The molecule has 5 rings (SSSR count). The SMILES string of the molecule is CCC1CC(C(=O)NCCNC(O)Cc2cc(=O)oc3cc(O)ccc23)C[C@@H](O[C@H](O[C@H](C)CO)C(NC(C)=O)C(O)O[C@@H](CC2CCCCC2)C(=O)O)C1OC1O[C@@H](C)C(O)C(O)[C@@H]1O. The van der Waals surface area contributed by atoms with Crippen LogP contribution in [0.3, 0.4) is 0 Å². The molecule has 3 aliphatic rings. The Morgan fingerprint density at radius 2 is 1.70 bits per heavy atom. The molecule has 1 saturated heterocycles. The molecule has 1 aliphatic heterocycles. The Bertz CT molecular complexity index is 1930. The summed E-state index contributed by atoms with van der Waals surface area (Å²) in [5, 5.41) is 93.3. The highest BCUT2D eigenvalue weighted by molar-refractivity contribution is 5.81. The lowest BCUT2D eigenvalue weighted by molar-refractivity contribution is -0.331. The van der Waals surface area contributed by atoms with Gasteiger partial charge in [-0.3, -0.25) is 14.9 Å². The number of carbonyl (C=O) groups is 3. The molecule has 66 heavy (non-hydrogen) atoms. The van der Waals surface area contributed by atoms with Gasteiger partial charge in [0, 0.05) is 49.9 Å². The molecular weight excluding hydrogens is 870 g/mol. The van der Waals surface area contributed by atoms with Crippen LogP contribution >= 0.6 is 0 Å². The van der Waals surface area contributed by atoms with Crippen LogP contribution in [0.15, 0.2) is 33.5 Å². The number of ether oxygens (including phenoxy) is 5. The van der Waals surface area contributed by atoms with Crippen molar-refractivity contribution in [1.29, 1.82) is 0 Å². The number of carboxylic acid groups (broad SMARTS) is 1.